The highest BCUT2D eigenvalue weighted by Gasteiger charge is 2.54. The minimum atomic E-state index is -4.50. The van der Waals surface area contributed by atoms with Gasteiger partial charge >= 0.3 is 12.1 Å². The number of hydrogen-bond acceptors (Lipinski definition) is 4. The Morgan fingerprint density at radius 2 is 2.15 bits per heavy atom. The van der Waals surface area contributed by atoms with Crippen LogP contribution in [-0.2, 0) is 15.7 Å². The number of rotatable bonds is 2. The molecule has 3 heterocycles. The Morgan fingerprint density at radius 3 is 2.85 bits per heavy atom. The van der Waals surface area contributed by atoms with Crippen LogP contribution in [0.15, 0.2) is 30.5 Å². The number of carbonyl (C=O) groups is 1. The zero-order chi connectivity index (χ0) is 18.5. The number of anilines is 1. The van der Waals surface area contributed by atoms with Gasteiger partial charge in [0.2, 0.25) is 0 Å². The van der Waals surface area contributed by atoms with Crippen LogP contribution in [0.4, 0.5) is 18.9 Å². The molecule has 2 saturated heterocycles. The van der Waals surface area contributed by atoms with E-state index in [-0.39, 0.29) is 24.6 Å². The molecule has 0 aliphatic carbocycles. The number of carboxylic acids is 1. The van der Waals surface area contributed by atoms with Gasteiger partial charge in [0, 0.05) is 37.0 Å². The molecule has 1 aromatic carbocycles. The average molecular weight is 366 g/mol. The highest BCUT2D eigenvalue weighted by Crippen LogP contribution is 2.45. The van der Waals surface area contributed by atoms with Gasteiger partial charge in [0.25, 0.3) is 0 Å². The average Bonchev–Trinajstić information content (AvgIpc) is 3.00. The van der Waals surface area contributed by atoms with Gasteiger partial charge in [-0.2, -0.15) is 13.2 Å². The van der Waals surface area contributed by atoms with Crippen molar-refractivity contribution in [3.63, 3.8) is 0 Å². The van der Waals surface area contributed by atoms with Gasteiger partial charge in [-0.25, -0.2) is 0 Å². The fourth-order valence-corrected chi connectivity index (χ4v) is 4.14. The number of nitrogens with zero attached hydrogens (tertiary/aromatic N) is 2. The van der Waals surface area contributed by atoms with E-state index in [9.17, 15) is 23.1 Å². The number of pyridine rings is 1. The lowest BCUT2D eigenvalue weighted by molar-refractivity contribution is -0.159. The summed E-state index contributed by atoms with van der Waals surface area (Å²) < 4.78 is 45.3. The van der Waals surface area contributed by atoms with E-state index in [1.165, 1.54) is 12.3 Å². The molecule has 2 atom stereocenters. The van der Waals surface area contributed by atoms with Gasteiger partial charge in [0.15, 0.2) is 0 Å². The largest absolute Gasteiger partial charge is 0.481 e. The van der Waals surface area contributed by atoms with Crippen molar-refractivity contribution in [3.8, 4) is 0 Å². The molecule has 26 heavy (non-hydrogen) atoms. The SMILES string of the molecule is O=C(O)[C@]12COCC[C@H]1CN(c1ccnc3c(C(F)(F)F)cccc13)C2. The Labute approximate surface area is 147 Å². The van der Waals surface area contributed by atoms with E-state index < -0.39 is 23.1 Å². The fourth-order valence-electron chi connectivity index (χ4n) is 4.14. The number of aliphatic carboxylic acids is 1. The molecule has 2 aliphatic rings. The van der Waals surface area contributed by atoms with Crippen molar-refractivity contribution in [1.29, 1.82) is 0 Å². The van der Waals surface area contributed by atoms with E-state index in [1.54, 1.807) is 12.1 Å². The van der Waals surface area contributed by atoms with E-state index >= 15 is 0 Å². The molecular weight excluding hydrogens is 349 g/mol. The van der Waals surface area contributed by atoms with Gasteiger partial charge in [-0.15, -0.1) is 0 Å². The van der Waals surface area contributed by atoms with Crippen molar-refractivity contribution in [2.24, 2.45) is 11.3 Å². The lowest BCUT2D eigenvalue weighted by Gasteiger charge is -2.33. The molecule has 2 aliphatic heterocycles. The topological polar surface area (TPSA) is 62.7 Å². The van der Waals surface area contributed by atoms with Crippen LogP contribution in [0, 0.1) is 11.3 Å². The lowest BCUT2D eigenvalue weighted by atomic mass is 9.76. The van der Waals surface area contributed by atoms with Gasteiger partial charge in [-0.05, 0) is 24.5 Å². The molecule has 0 unspecified atom stereocenters. The maximum absolute atomic E-state index is 13.3. The summed E-state index contributed by atoms with van der Waals surface area (Å²) in [6.07, 6.45) is -2.53. The molecule has 1 aromatic heterocycles. The van der Waals surface area contributed by atoms with Gasteiger partial charge in [0.05, 0.1) is 17.7 Å². The summed E-state index contributed by atoms with van der Waals surface area (Å²) in [5.74, 6) is -1.01. The van der Waals surface area contributed by atoms with E-state index in [0.29, 0.717) is 30.6 Å². The summed E-state index contributed by atoms with van der Waals surface area (Å²) in [4.78, 5) is 17.7. The third-order valence-corrected chi connectivity index (χ3v) is 5.49. The van der Waals surface area contributed by atoms with Crippen LogP contribution < -0.4 is 4.90 Å². The number of carboxylic acid groups (broad SMARTS) is 1. The highest BCUT2D eigenvalue weighted by atomic mass is 19.4. The Morgan fingerprint density at radius 1 is 1.35 bits per heavy atom. The van der Waals surface area contributed by atoms with Crippen LogP contribution >= 0.6 is 0 Å². The van der Waals surface area contributed by atoms with Crippen molar-refractivity contribution in [2.75, 3.05) is 31.2 Å². The molecule has 0 saturated carbocycles. The molecule has 2 aromatic rings. The predicted octanol–water partition coefficient (Wildman–Crippen LogP) is 3.18. The Kier molecular flexibility index (Phi) is 3.83. The summed E-state index contributed by atoms with van der Waals surface area (Å²) in [5, 5.41) is 10.1. The minimum absolute atomic E-state index is 0.0947. The number of hydrogen-bond donors (Lipinski definition) is 1. The Hall–Kier alpha value is -2.35. The first-order valence-corrected chi connectivity index (χ1v) is 8.34. The van der Waals surface area contributed by atoms with Crippen LogP contribution in [0.25, 0.3) is 10.9 Å². The van der Waals surface area contributed by atoms with Gasteiger partial charge in [-0.3, -0.25) is 9.78 Å². The monoisotopic (exact) mass is 366 g/mol. The first kappa shape index (κ1) is 17.1. The lowest BCUT2D eigenvalue weighted by Crippen LogP contribution is -2.46. The quantitative estimate of drug-likeness (QED) is 0.885. The third kappa shape index (κ3) is 2.51. The molecule has 0 radical (unpaired) electrons. The third-order valence-electron chi connectivity index (χ3n) is 5.49. The van der Waals surface area contributed by atoms with Crippen molar-refractivity contribution in [2.45, 2.75) is 12.6 Å². The van der Waals surface area contributed by atoms with E-state index in [2.05, 4.69) is 4.98 Å². The summed E-state index contributed by atoms with van der Waals surface area (Å²) in [5.41, 5.74) is -1.34. The first-order valence-electron chi connectivity index (χ1n) is 8.34. The molecule has 5 nitrogen and oxygen atoms in total. The molecule has 4 rings (SSSR count). The maximum Gasteiger partial charge on any atom is 0.418 e. The number of halogens is 3. The van der Waals surface area contributed by atoms with Crippen LogP contribution in [0.1, 0.15) is 12.0 Å². The first-order chi connectivity index (χ1) is 12.3. The second-order valence-corrected chi connectivity index (χ2v) is 6.91. The minimum Gasteiger partial charge on any atom is -0.481 e. The number of fused-ring (bicyclic) bond motifs is 2. The number of aromatic nitrogens is 1. The van der Waals surface area contributed by atoms with Crippen molar-refractivity contribution in [1.82, 2.24) is 4.98 Å². The molecule has 2 fully saturated rings. The Bertz CT molecular complexity index is 870. The van der Waals surface area contributed by atoms with Crippen molar-refractivity contribution < 1.29 is 27.8 Å². The second-order valence-electron chi connectivity index (χ2n) is 6.91. The second kappa shape index (κ2) is 5.84. The number of ether oxygens (including phenoxy) is 1. The number of alkyl halides is 3. The number of para-hydroxylation sites is 1. The van der Waals surface area contributed by atoms with E-state index in [1.807, 2.05) is 4.90 Å². The van der Waals surface area contributed by atoms with Crippen molar-refractivity contribution >= 4 is 22.6 Å². The molecule has 0 bridgehead atoms. The summed E-state index contributed by atoms with van der Waals surface area (Å²) in [7, 11) is 0. The molecule has 1 N–H and O–H groups in total. The van der Waals surface area contributed by atoms with Crippen LogP contribution in [0.3, 0.4) is 0 Å². The molecule has 138 valence electrons. The summed E-state index contributed by atoms with van der Waals surface area (Å²) in [6.45, 7) is 1.32. The van der Waals surface area contributed by atoms with Crippen LogP contribution in [-0.4, -0.2) is 42.4 Å². The maximum atomic E-state index is 13.3. The number of benzene rings is 1. The Balaban J connectivity index is 1.80. The predicted molar refractivity (Wildman–Crippen MR) is 88.0 cm³/mol. The normalized spacial score (nSPS) is 26.1. The van der Waals surface area contributed by atoms with Gasteiger partial charge in [-0.1, -0.05) is 12.1 Å². The fraction of sp³-hybridized carbons (Fsp3) is 0.444. The summed E-state index contributed by atoms with van der Waals surface area (Å²) >= 11 is 0. The van der Waals surface area contributed by atoms with E-state index in [0.717, 1.165) is 6.07 Å². The molecule has 8 heteroatoms. The van der Waals surface area contributed by atoms with E-state index in [4.69, 9.17) is 4.74 Å². The standard InChI is InChI=1S/C18H17F3N2O3/c19-18(20,21)13-3-1-2-12-14(4-6-22-15(12)13)23-8-11-5-7-26-10-17(11,9-23)16(24)25/h1-4,6,11H,5,7-10H2,(H,24,25)/t11-,17+/m0/s1. The zero-order valence-electron chi connectivity index (χ0n) is 13.8. The van der Waals surface area contributed by atoms with Crippen LogP contribution in [0.2, 0.25) is 0 Å². The zero-order valence-corrected chi connectivity index (χ0v) is 13.8. The van der Waals surface area contributed by atoms with Crippen LogP contribution in [0.5, 0.6) is 0 Å². The van der Waals surface area contributed by atoms with Gasteiger partial charge < -0.3 is 14.7 Å². The molecule has 0 amide bonds. The molecular formula is C18H17F3N2O3. The van der Waals surface area contributed by atoms with Crippen molar-refractivity contribution in [3.05, 3.63) is 36.0 Å². The van der Waals surface area contributed by atoms with Gasteiger partial charge in [0.1, 0.15) is 5.41 Å². The highest BCUT2D eigenvalue weighted by molar-refractivity contribution is 5.94. The molecule has 0 spiro atoms. The summed E-state index contributed by atoms with van der Waals surface area (Å²) in [6, 6.07) is 5.61. The smallest absolute Gasteiger partial charge is 0.418 e.